The summed E-state index contributed by atoms with van der Waals surface area (Å²) in [6.07, 6.45) is 2.92. The van der Waals surface area contributed by atoms with Crippen LogP contribution >= 0.6 is 11.3 Å². The van der Waals surface area contributed by atoms with Crippen molar-refractivity contribution in [2.24, 2.45) is 5.92 Å². The van der Waals surface area contributed by atoms with Crippen molar-refractivity contribution in [2.45, 2.75) is 12.8 Å². The normalized spacial score (nSPS) is 14.0. The summed E-state index contributed by atoms with van der Waals surface area (Å²) in [5.74, 6) is -0.179. The molecule has 1 aliphatic rings. The summed E-state index contributed by atoms with van der Waals surface area (Å²) in [7, 11) is -3.34. The van der Waals surface area contributed by atoms with Crippen molar-refractivity contribution in [1.29, 1.82) is 0 Å². The zero-order chi connectivity index (χ0) is 18.0. The molecule has 25 heavy (non-hydrogen) atoms. The molecule has 0 unspecified atom stereocenters. The van der Waals surface area contributed by atoms with E-state index in [0.717, 1.165) is 19.1 Å². The van der Waals surface area contributed by atoms with Gasteiger partial charge in [0.05, 0.1) is 16.1 Å². The van der Waals surface area contributed by atoms with E-state index < -0.39 is 10.0 Å². The number of carbonyl (C=O) groups is 2. The molecule has 1 aromatic heterocycles. The molecule has 2 aromatic rings. The molecule has 1 fully saturated rings. The molecule has 1 aromatic carbocycles. The average Bonchev–Trinajstić information content (AvgIpc) is 3.28. The molecular weight excluding hydrogens is 362 g/mol. The van der Waals surface area contributed by atoms with Crippen LogP contribution in [0.5, 0.6) is 0 Å². The Balaban J connectivity index is 1.60. The maximum Gasteiger partial charge on any atom is 0.265 e. The Morgan fingerprint density at radius 3 is 2.24 bits per heavy atom. The summed E-state index contributed by atoms with van der Waals surface area (Å²) < 4.78 is 24.7. The Kier molecular flexibility index (Phi) is 4.78. The van der Waals surface area contributed by atoms with Gasteiger partial charge in [-0.2, -0.15) is 0 Å². The number of amides is 2. The van der Waals surface area contributed by atoms with Gasteiger partial charge in [0.15, 0.2) is 0 Å². The van der Waals surface area contributed by atoms with Gasteiger partial charge in [-0.1, -0.05) is 0 Å². The molecule has 0 atom stereocenters. The second kappa shape index (κ2) is 6.85. The Morgan fingerprint density at radius 1 is 1.00 bits per heavy atom. The zero-order valence-electron chi connectivity index (χ0n) is 13.4. The number of sulfonamides is 1. The number of benzene rings is 1. The maximum atomic E-state index is 12.2. The number of hydrogen-bond acceptors (Lipinski definition) is 5. The fourth-order valence-electron chi connectivity index (χ4n) is 2.12. The third kappa shape index (κ3) is 5.04. The minimum absolute atomic E-state index is 0.00257. The van der Waals surface area contributed by atoms with E-state index in [0.29, 0.717) is 21.3 Å². The first kappa shape index (κ1) is 17.4. The predicted molar refractivity (Wildman–Crippen MR) is 98.5 cm³/mol. The number of anilines is 3. The van der Waals surface area contributed by atoms with Crippen LogP contribution in [0.2, 0.25) is 0 Å². The van der Waals surface area contributed by atoms with Crippen LogP contribution in [0, 0.1) is 5.92 Å². The molecule has 3 N–H and O–H groups in total. The molecular formula is C16H17N3O4S2. The van der Waals surface area contributed by atoms with Gasteiger partial charge in [-0.25, -0.2) is 8.42 Å². The van der Waals surface area contributed by atoms with Crippen LogP contribution in [-0.4, -0.2) is 26.5 Å². The van der Waals surface area contributed by atoms with Crippen LogP contribution in [-0.2, 0) is 14.8 Å². The highest BCUT2D eigenvalue weighted by Gasteiger charge is 2.29. The molecule has 0 radical (unpaired) electrons. The van der Waals surface area contributed by atoms with Crippen LogP contribution in [0.3, 0.4) is 0 Å². The highest BCUT2D eigenvalue weighted by atomic mass is 32.2. The van der Waals surface area contributed by atoms with E-state index in [-0.39, 0.29) is 17.7 Å². The Labute approximate surface area is 149 Å². The van der Waals surface area contributed by atoms with Gasteiger partial charge in [0.2, 0.25) is 15.9 Å². The molecule has 2 amide bonds. The van der Waals surface area contributed by atoms with Gasteiger partial charge in [-0.15, -0.1) is 11.3 Å². The first-order valence-corrected chi connectivity index (χ1v) is 10.3. The number of nitrogens with one attached hydrogen (secondary N) is 3. The lowest BCUT2D eigenvalue weighted by Gasteiger charge is -2.06. The summed E-state index contributed by atoms with van der Waals surface area (Å²) in [5, 5.41) is 6.19. The van der Waals surface area contributed by atoms with Gasteiger partial charge in [-0.3, -0.25) is 14.3 Å². The van der Waals surface area contributed by atoms with Crippen LogP contribution < -0.4 is 15.4 Å². The van der Waals surface area contributed by atoms with Crippen molar-refractivity contribution in [3.8, 4) is 0 Å². The van der Waals surface area contributed by atoms with Gasteiger partial charge < -0.3 is 10.6 Å². The van der Waals surface area contributed by atoms with Gasteiger partial charge in [0.1, 0.15) is 0 Å². The van der Waals surface area contributed by atoms with E-state index in [9.17, 15) is 18.0 Å². The molecule has 3 rings (SSSR count). The SMILES string of the molecule is CS(=O)(=O)Nc1ccc(NC(=O)c2ccc(NC(=O)C3CC3)s2)cc1. The van der Waals surface area contributed by atoms with Crippen molar-refractivity contribution in [1.82, 2.24) is 0 Å². The molecule has 1 aliphatic carbocycles. The van der Waals surface area contributed by atoms with E-state index in [2.05, 4.69) is 15.4 Å². The highest BCUT2D eigenvalue weighted by molar-refractivity contribution is 7.92. The van der Waals surface area contributed by atoms with E-state index >= 15 is 0 Å². The molecule has 7 nitrogen and oxygen atoms in total. The predicted octanol–water partition coefficient (Wildman–Crippen LogP) is 2.72. The zero-order valence-corrected chi connectivity index (χ0v) is 15.0. The minimum Gasteiger partial charge on any atom is -0.321 e. The van der Waals surface area contributed by atoms with Crippen molar-refractivity contribution in [3.05, 3.63) is 41.3 Å². The van der Waals surface area contributed by atoms with E-state index in [4.69, 9.17) is 0 Å². The van der Waals surface area contributed by atoms with Gasteiger partial charge >= 0.3 is 0 Å². The summed E-state index contributed by atoms with van der Waals surface area (Å²) in [6.45, 7) is 0. The number of carbonyl (C=O) groups excluding carboxylic acids is 2. The Hall–Kier alpha value is -2.39. The van der Waals surface area contributed by atoms with Gasteiger partial charge in [0.25, 0.3) is 5.91 Å². The van der Waals surface area contributed by atoms with Crippen molar-refractivity contribution in [3.63, 3.8) is 0 Å². The quantitative estimate of drug-likeness (QED) is 0.718. The average molecular weight is 379 g/mol. The largest absolute Gasteiger partial charge is 0.321 e. The third-order valence-electron chi connectivity index (χ3n) is 3.47. The fraction of sp³-hybridized carbons (Fsp3) is 0.250. The van der Waals surface area contributed by atoms with E-state index in [1.54, 1.807) is 36.4 Å². The number of rotatable bonds is 6. The van der Waals surface area contributed by atoms with Crippen LogP contribution in [0.25, 0.3) is 0 Å². The summed E-state index contributed by atoms with van der Waals surface area (Å²) in [6, 6.07) is 9.70. The van der Waals surface area contributed by atoms with E-state index in [1.165, 1.54) is 11.3 Å². The second-order valence-corrected chi connectivity index (χ2v) is 8.67. The summed E-state index contributed by atoms with van der Waals surface area (Å²) >= 11 is 1.21. The van der Waals surface area contributed by atoms with Crippen molar-refractivity contribution >= 4 is 49.6 Å². The van der Waals surface area contributed by atoms with Crippen LogP contribution in [0.15, 0.2) is 36.4 Å². The molecule has 132 valence electrons. The lowest BCUT2D eigenvalue weighted by atomic mass is 10.3. The van der Waals surface area contributed by atoms with E-state index in [1.807, 2.05) is 0 Å². The van der Waals surface area contributed by atoms with Crippen molar-refractivity contribution < 1.29 is 18.0 Å². The topological polar surface area (TPSA) is 104 Å². The maximum absolute atomic E-state index is 12.2. The number of thiophene rings is 1. The van der Waals surface area contributed by atoms with Crippen molar-refractivity contribution in [2.75, 3.05) is 21.6 Å². The Morgan fingerprint density at radius 2 is 1.64 bits per heavy atom. The highest BCUT2D eigenvalue weighted by Crippen LogP contribution is 2.31. The number of hydrogen-bond donors (Lipinski definition) is 3. The molecule has 0 aliphatic heterocycles. The molecule has 0 saturated heterocycles. The molecule has 1 saturated carbocycles. The smallest absolute Gasteiger partial charge is 0.265 e. The van der Waals surface area contributed by atoms with Gasteiger partial charge in [-0.05, 0) is 49.2 Å². The summed E-state index contributed by atoms with van der Waals surface area (Å²) in [5.41, 5.74) is 0.961. The van der Waals surface area contributed by atoms with Gasteiger partial charge in [0, 0.05) is 17.3 Å². The third-order valence-corrected chi connectivity index (χ3v) is 5.08. The molecule has 0 bridgehead atoms. The van der Waals surface area contributed by atoms with Crippen LogP contribution in [0.1, 0.15) is 22.5 Å². The lowest BCUT2D eigenvalue weighted by molar-refractivity contribution is -0.117. The standard InChI is InChI=1S/C16H17N3O4S2/c1-25(22,23)19-12-6-4-11(5-7-12)17-16(21)13-8-9-14(24-13)18-15(20)10-2-3-10/h4-10,19H,2-3H2,1H3,(H,17,21)(H,18,20). The Bertz CT molecular complexity index is 900. The first-order valence-electron chi connectivity index (χ1n) is 7.60. The molecule has 1 heterocycles. The minimum atomic E-state index is -3.34. The molecule has 0 spiro atoms. The fourth-order valence-corrected chi connectivity index (χ4v) is 3.49. The lowest BCUT2D eigenvalue weighted by Crippen LogP contribution is -2.12. The monoisotopic (exact) mass is 379 g/mol. The molecule has 9 heteroatoms. The summed E-state index contributed by atoms with van der Waals surface area (Å²) in [4.78, 5) is 24.4. The second-order valence-electron chi connectivity index (χ2n) is 5.83. The first-order chi connectivity index (χ1) is 11.8. The van der Waals surface area contributed by atoms with Crippen LogP contribution in [0.4, 0.5) is 16.4 Å².